The molecule has 1 aromatic carbocycles. The van der Waals surface area contributed by atoms with Crippen molar-refractivity contribution in [3.63, 3.8) is 0 Å². The molecule has 0 fully saturated rings. The average Bonchev–Trinajstić information content (AvgIpc) is 2.68. The highest BCUT2D eigenvalue weighted by atomic mass is 19.4. The summed E-state index contributed by atoms with van der Waals surface area (Å²) < 4.78 is 44.2. The Morgan fingerprint density at radius 2 is 1.83 bits per heavy atom. The van der Waals surface area contributed by atoms with Crippen molar-refractivity contribution in [1.29, 1.82) is 0 Å². The number of rotatable bonds is 10. The Kier molecular flexibility index (Phi) is 9.84. The summed E-state index contributed by atoms with van der Waals surface area (Å²) in [7, 11) is 1.43. The highest BCUT2D eigenvalue weighted by Gasteiger charge is 2.42. The fraction of sp³-hybridized carbons (Fsp3) is 0.524. The Hall–Kier alpha value is -2.55. The predicted octanol–water partition coefficient (Wildman–Crippen LogP) is 3.41. The van der Waals surface area contributed by atoms with Crippen LogP contribution in [0.2, 0.25) is 0 Å². The van der Waals surface area contributed by atoms with E-state index < -0.39 is 24.2 Å². The summed E-state index contributed by atoms with van der Waals surface area (Å²) in [5.74, 6) is -1.62. The van der Waals surface area contributed by atoms with Gasteiger partial charge in [0, 0.05) is 18.3 Å². The van der Waals surface area contributed by atoms with Crippen LogP contribution in [0.4, 0.5) is 18.9 Å². The van der Waals surface area contributed by atoms with Crippen LogP contribution in [-0.4, -0.2) is 43.7 Å². The first-order chi connectivity index (χ1) is 14.0. The largest absolute Gasteiger partial charge is 0.497 e. The first kappa shape index (κ1) is 25.5. The smallest absolute Gasteiger partial charge is 0.471 e. The summed E-state index contributed by atoms with van der Waals surface area (Å²) in [5.41, 5.74) is 5.82. The summed E-state index contributed by atoms with van der Waals surface area (Å²) in [6, 6.07) is 4.64. The second-order valence-electron chi connectivity index (χ2n) is 7.30. The van der Waals surface area contributed by atoms with E-state index in [1.54, 1.807) is 13.0 Å². The van der Waals surface area contributed by atoms with Crippen LogP contribution in [0.5, 0.6) is 5.75 Å². The summed E-state index contributed by atoms with van der Waals surface area (Å²) in [5, 5.41) is 2.79. The lowest BCUT2D eigenvalue weighted by molar-refractivity contribution is -0.170. The molecule has 6 nitrogen and oxygen atoms in total. The van der Waals surface area contributed by atoms with Gasteiger partial charge in [-0.2, -0.15) is 13.2 Å². The van der Waals surface area contributed by atoms with Gasteiger partial charge < -0.3 is 20.7 Å². The molecule has 0 aliphatic carbocycles. The first-order valence-electron chi connectivity index (χ1n) is 9.74. The van der Waals surface area contributed by atoms with Gasteiger partial charge in [-0.3, -0.25) is 9.59 Å². The van der Waals surface area contributed by atoms with E-state index in [0.717, 1.165) is 0 Å². The first-order valence-corrected chi connectivity index (χ1v) is 9.74. The lowest BCUT2D eigenvalue weighted by Crippen LogP contribution is -2.45. The molecule has 0 radical (unpaired) electrons. The minimum atomic E-state index is -5.02. The Morgan fingerprint density at radius 3 is 2.30 bits per heavy atom. The maximum Gasteiger partial charge on any atom is 0.471 e. The third-order valence-electron chi connectivity index (χ3n) is 4.36. The van der Waals surface area contributed by atoms with Crippen molar-refractivity contribution in [1.82, 2.24) is 5.32 Å². The van der Waals surface area contributed by atoms with Gasteiger partial charge in [-0.15, -0.1) is 0 Å². The number of halogens is 3. The highest BCUT2D eigenvalue weighted by Crippen LogP contribution is 2.25. The van der Waals surface area contributed by atoms with E-state index in [1.807, 2.05) is 13.8 Å². The molecular weight excluding hydrogens is 399 g/mol. The number of carbonyl (C=O) groups is 2. The average molecular weight is 429 g/mol. The van der Waals surface area contributed by atoms with Gasteiger partial charge in [0.1, 0.15) is 5.75 Å². The van der Waals surface area contributed by atoms with Crippen molar-refractivity contribution in [3.05, 3.63) is 36.4 Å². The van der Waals surface area contributed by atoms with Gasteiger partial charge in [0.05, 0.1) is 13.2 Å². The van der Waals surface area contributed by atoms with Crippen molar-refractivity contribution in [2.75, 3.05) is 18.6 Å². The van der Waals surface area contributed by atoms with Crippen molar-refractivity contribution >= 4 is 17.5 Å². The van der Waals surface area contributed by atoms with Crippen LogP contribution in [0.3, 0.4) is 0 Å². The number of alkyl halides is 3. The zero-order chi connectivity index (χ0) is 22.9. The van der Waals surface area contributed by atoms with Crippen molar-refractivity contribution in [2.45, 2.75) is 51.9 Å². The van der Waals surface area contributed by atoms with E-state index in [1.165, 1.54) is 37.5 Å². The topological polar surface area (TPSA) is 84.7 Å². The fourth-order valence-corrected chi connectivity index (χ4v) is 2.72. The molecule has 2 atom stereocenters. The molecule has 1 rings (SSSR count). The molecule has 0 bridgehead atoms. The summed E-state index contributed by atoms with van der Waals surface area (Å²) in [6.45, 7) is 5.40. The monoisotopic (exact) mass is 429 g/mol. The van der Waals surface area contributed by atoms with Gasteiger partial charge in [-0.05, 0) is 43.0 Å². The number of nitrogens with two attached hydrogens (primary N) is 1. The number of carbonyl (C=O) groups excluding carboxylic acids is 2. The highest BCUT2D eigenvalue weighted by molar-refractivity contribution is 5.97. The van der Waals surface area contributed by atoms with Crippen molar-refractivity contribution in [3.8, 4) is 5.75 Å². The van der Waals surface area contributed by atoms with E-state index in [-0.39, 0.29) is 24.1 Å². The molecule has 0 aliphatic rings. The molecule has 0 aromatic heterocycles. The van der Waals surface area contributed by atoms with Gasteiger partial charge in [-0.1, -0.05) is 32.9 Å². The maximum absolute atomic E-state index is 13.1. The number of amides is 2. The molecule has 30 heavy (non-hydrogen) atoms. The van der Waals surface area contributed by atoms with Crippen LogP contribution in [0, 0.1) is 5.92 Å². The molecule has 0 saturated heterocycles. The van der Waals surface area contributed by atoms with Crippen LogP contribution in [0.15, 0.2) is 36.4 Å². The third kappa shape index (κ3) is 8.06. The maximum atomic E-state index is 13.1. The Morgan fingerprint density at radius 1 is 1.23 bits per heavy atom. The molecule has 0 spiro atoms. The summed E-state index contributed by atoms with van der Waals surface area (Å²) >= 11 is 0. The third-order valence-corrected chi connectivity index (χ3v) is 4.36. The van der Waals surface area contributed by atoms with Crippen LogP contribution >= 0.6 is 0 Å². The zero-order valence-corrected chi connectivity index (χ0v) is 17.7. The van der Waals surface area contributed by atoms with Crippen molar-refractivity contribution < 1.29 is 27.5 Å². The van der Waals surface area contributed by atoms with E-state index in [9.17, 15) is 22.8 Å². The fourth-order valence-electron chi connectivity index (χ4n) is 2.72. The second kappa shape index (κ2) is 11.6. The van der Waals surface area contributed by atoms with Gasteiger partial charge in [0.2, 0.25) is 5.91 Å². The molecule has 168 valence electrons. The standard InChI is InChI=1S/C21H30F3N3O3/c1-5-18(25)19(28)26-15(13-14(2)3)7-6-12-27(20(29)21(22,23)24)16-8-10-17(30-4)11-9-16/h6-11,14-15,18H,5,12-13,25H2,1-4H3,(H,26,28)/b7-6+/t15-,18+/m1/s1. The Labute approximate surface area is 175 Å². The van der Waals surface area contributed by atoms with Gasteiger partial charge in [-0.25, -0.2) is 0 Å². The number of ether oxygens (including phenoxy) is 1. The molecular formula is C21H30F3N3O3. The number of benzene rings is 1. The van der Waals surface area contributed by atoms with Crippen LogP contribution in [-0.2, 0) is 9.59 Å². The summed E-state index contributed by atoms with van der Waals surface area (Å²) in [6.07, 6.45) is -0.934. The summed E-state index contributed by atoms with van der Waals surface area (Å²) in [4.78, 5) is 24.6. The molecule has 0 heterocycles. The number of methoxy groups -OCH3 is 1. The second-order valence-corrected chi connectivity index (χ2v) is 7.30. The zero-order valence-electron chi connectivity index (χ0n) is 17.7. The van der Waals surface area contributed by atoms with Crippen LogP contribution < -0.4 is 20.7 Å². The normalized spacial score (nSPS) is 13.9. The van der Waals surface area contributed by atoms with E-state index >= 15 is 0 Å². The van der Waals surface area contributed by atoms with Crippen LogP contribution in [0.25, 0.3) is 0 Å². The molecule has 1 aromatic rings. The van der Waals surface area contributed by atoms with Gasteiger partial charge in [0.25, 0.3) is 0 Å². The quantitative estimate of drug-likeness (QED) is 0.558. The van der Waals surface area contributed by atoms with E-state index in [2.05, 4.69) is 5.32 Å². The van der Waals surface area contributed by atoms with Gasteiger partial charge >= 0.3 is 12.1 Å². The van der Waals surface area contributed by atoms with Crippen LogP contribution in [0.1, 0.15) is 33.6 Å². The van der Waals surface area contributed by atoms with E-state index in [0.29, 0.717) is 23.5 Å². The SMILES string of the molecule is CC[C@H](N)C(=O)N[C@H](/C=C/CN(C(=O)C(F)(F)F)c1ccc(OC)cc1)CC(C)C. The number of nitrogens with zero attached hydrogens (tertiary/aromatic N) is 1. The number of nitrogens with one attached hydrogen (secondary N) is 1. The van der Waals surface area contributed by atoms with E-state index in [4.69, 9.17) is 10.5 Å². The van der Waals surface area contributed by atoms with Gasteiger partial charge in [0.15, 0.2) is 0 Å². The molecule has 2 amide bonds. The molecule has 0 saturated carbocycles. The Bertz CT molecular complexity index is 718. The molecule has 3 N–H and O–H groups in total. The molecule has 9 heteroatoms. The molecule has 0 aliphatic heterocycles. The number of anilines is 1. The number of hydrogen-bond donors (Lipinski definition) is 2. The lowest BCUT2D eigenvalue weighted by atomic mass is 10.0. The predicted molar refractivity (Wildman–Crippen MR) is 110 cm³/mol. The minimum Gasteiger partial charge on any atom is -0.497 e. The molecule has 0 unspecified atom stereocenters. The number of hydrogen-bond acceptors (Lipinski definition) is 4. The minimum absolute atomic E-state index is 0.0835. The van der Waals surface area contributed by atoms with Crippen molar-refractivity contribution in [2.24, 2.45) is 11.7 Å². The lowest BCUT2D eigenvalue weighted by Gasteiger charge is -2.23. The Balaban J connectivity index is 3.03.